The monoisotopic (exact) mass is 865 g/mol. The third kappa shape index (κ3) is 23.6. The Hall–Kier alpha value is -1.01. The molecule has 0 aromatic carbocycles. The van der Waals surface area contributed by atoms with Gasteiger partial charge < -0.3 is 64.2 Å². The summed E-state index contributed by atoms with van der Waals surface area (Å²) < 4.78 is 33.4. The molecule has 7 N–H and O–H groups in total. The van der Waals surface area contributed by atoms with Crippen LogP contribution < -0.4 is 0 Å². The van der Waals surface area contributed by atoms with E-state index in [4.69, 9.17) is 28.4 Å². The van der Waals surface area contributed by atoms with Gasteiger partial charge in [-0.1, -0.05) is 174 Å². The molecule has 11 unspecified atom stereocenters. The average Bonchev–Trinajstić information content (AvgIpc) is 3.25. The molecule has 2 rings (SSSR count). The molecule has 0 aromatic rings. The van der Waals surface area contributed by atoms with Gasteiger partial charge in [0.25, 0.3) is 0 Å². The number of ether oxygens (including phenoxy) is 6. The van der Waals surface area contributed by atoms with Crippen molar-refractivity contribution in [3.63, 3.8) is 0 Å². The van der Waals surface area contributed by atoms with Gasteiger partial charge in [0.2, 0.25) is 0 Å². The Kier molecular flexibility index (Phi) is 32.5. The van der Waals surface area contributed by atoms with Gasteiger partial charge in [-0.3, -0.25) is 4.79 Å². The second kappa shape index (κ2) is 35.4. The quantitative estimate of drug-likeness (QED) is 0.0275. The summed E-state index contributed by atoms with van der Waals surface area (Å²) in [5.74, 6) is -0.459. The summed E-state index contributed by atoms with van der Waals surface area (Å²) in [6, 6.07) is 0. The van der Waals surface area contributed by atoms with Gasteiger partial charge in [-0.15, -0.1) is 0 Å². The van der Waals surface area contributed by atoms with E-state index in [2.05, 4.69) is 6.92 Å². The Morgan fingerprint density at radius 3 is 1.28 bits per heavy atom. The van der Waals surface area contributed by atoms with Crippen LogP contribution in [0.3, 0.4) is 0 Å². The van der Waals surface area contributed by atoms with E-state index in [0.717, 1.165) is 19.3 Å². The maximum absolute atomic E-state index is 12.1. The molecule has 14 nitrogen and oxygen atoms in total. The average molecular weight is 865 g/mol. The Labute approximate surface area is 362 Å². The van der Waals surface area contributed by atoms with Crippen molar-refractivity contribution in [2.24, 2.45) is 0 Å². The van der Waals surface area contributed by atoms with E-state index in [1.54, 1.807) is 6.92 Å². The number of esters is 1. The van der Waals surface area contributed by atoms with Crippen LogP contribution in [0.2, 0.25) is 0 Å². The Bertz CT molecular complexity index is 1010. The van der Waals surface area contributed by atoms with Crippen LogP contribution in [0.1, 0.15) is 187 Å². The smallest absolute Gasteiger partial charge is 0.305 e. The van der Waals surface area contributed by atoms with E-state index in [1.807, 2.05) is 0 Å². The van der Waals surface area contributed by atoms with Crippen LogP contribution in [0, 0.1) is 0 Å². The standard InChI is InChI=1S/C46H88O14/c1-3-5-6-7-8-9-10-11-12-13-14-15-16-17-18-19-20-21-22-23-24-25-26-27-28-29-30-55-32-35(58-38(48)4-2)33-56-45-44(54)42(52)40(50)37(60-45)34-57-46-43(53)41(51)39(49)36(31-47)59-46/h35-37,39-47,49-54H,3-34H2,1-2H3. The summed E-state index contributed by atoms with van der Waals surface area (Å²) in [4.78, 5) is 12.1. The van der Waals surface area contributed by atoms with Crippen molar-refractivity contribution in [3.05, 3.63) is 0 Å². The Morgan fingerprint density at radius 1 is 0.483 bits per heavy atom. The van der Waals surface area contributed by atoms with Gasteiger partial charge >= 0.3 is 5.97 Å². The predicted molar refractivity (Wildman–Crippen MR) is 229 cm³/mol. The van der Waals surface area contributed by atoms with Crippen LogP contribution in [0.5, 0.6) is 0 Å². The molecule has 60 heavy (non-hydrogen) atoms. The Balaban J connectivity index is 1.48. The minimum atomic E-state index is -1.70. The van der Waals surface area contributed by atoms with Crippen LogP contribution in [0.4, 0.5) is 0 Å². The molecule has 0 aromatic heterocycles. The molecule has 0 saturated carbocycles. The fourth-order valence-electron chi connectivity index (χ4n) is 7.91. The molecule has 2 saturated heterocycles. The minimum absolute atomic E-state index is 0.0584. The highest BCUT2D eigenvalue weighted by atomic mass is 16.7. The van der Waals surface area contributed by atoms with Gasteiger partial charge in [0.05, 0.1) is 26.4 Å². The van der Waals surface area contributed by atoms with Crippen molar-refractivity contribution < 1.29 is 69.0 Å². The van der Waals surface area contributed by atoms with E-state index < -0.39 is 86.7 Å². The molecule has 0 amide bonds. The number of hydrogen-bond acceptors (Lipinski definition) is 14. The van der Waals surface area contributed by atoms with Crippen molar-refractivity contribution in [2.75, 3.05) is 33.0 Å². The lowest BCUT2D eigenvalue weighted by Gasteiger charge is -2.42. The fraction of sp³-hybridized carbons (Fsp3) is 0.978. The summed E-state index contributed by atoms with van der Waals surface area (Å²) in [7, 11) is 0. The zero-order chi connectivity index (χ0) is 43.8. The van der Waals surface area contributed by atoms with Crippen LogP contribution in [0.15, 0.2) is 0 Å². The first-order valence-corrected chi connectivity index (χ1v) is 24.1. The van der Waals surface area contributed by atoms with Gasteiger partial charge in [-0.05, 0) is 6.42 Å². The highest BCUT2D eigenvalue weighted by Crippen LogP contribution is 2.26. The van der Waals surface area contributed by atoms with Gasteiger partial charge in [0.1, 0.15) is 54.9 Å². The third-order valence-electron chi connectivity index (χ3n) is 11.9. The first kappa shape index (κ1) is 55.1. The van der Waals surface area contributed by atoms with Crippen molar-refractivity contribution in [1.82, 2.24) is 0 Å². The lowest BCUT2D eigenvalue weighted by atomic mass is 9.98. The summed E-state index contributed by atoms with van der Waals surface area (Å²) in [6.45, 7) is 3.13. The van der Waals surface area contributed by atoms with E-state index in [1.165, 1.54) is 148 Å². The number of carbonyl (C=O) groups excluding carboxylic acids is 1. The van der Waals surface area contributed by atoms with Crippen molar-refractivity contribution in [2.45, 2.75) is 255 Å². The maximum Gasteiger partial charge on any atom is 0.305 e. The lowest BCUT2D eigenvalue weighted by molar-refractivity contribution is -0.332. The first-order chi connectivity index (χ1) is 29.1. The molecular weight excluding hydrogens is 776 g/mol. The summed E-state index contributed by atoms with van der Waals surface area (Å²) in [5.41, 5.74) is 0. The number of aliphatic hydroxyl groups is 7. The summed E-state index contributed by atoms with van der Waals surface area (Å²) >= 11 is 0. The molecule has 11 atom stereocenters. The second-order valence-electron chi connectivity index (χ2n) is 17.3. The molecule has 0 spiro atoms. The summed E-state index contributed by atoms with van der Waals surface area (Å²) in [5, 5.41) is 71.2. The number of aliphatic hydroxyl groups excluding tert-OH is 7. The highest BCUT2D eigenvalue weighted by Gasteiger charge is 2.47. The Morgan fingerprint density at radius 2 is 0.867 bits per heavy atom. The number of rotatable bonds is 38. The van der Waals surface area contributed by atoms with Crippen molar-refractivity contribution in [1.29, 1.82) is 0 Å². The van der Waals surface area contributed by atoms with E-state index >= 15 is 0 Å². The number of unbranched alkanes of at least 4 members (excludes halogenated alkanes) is 25. The summed E-state index contributed by atoms with van der Waals surface area (Å²) in [6.07, 6.45) is 18.9. The van der Waals surface area contributed by atoms with Crippen LogP contribution in [0.25, 0.3) is 0 Å². The van der Waals surface area contributed by atoms with Crippen molar-refractivity contribution in [3.8, 4) is 0 Å². The van der Waals surface area contributed by atoms with Crippen LogP contribution in [-0.4, -0.2) is 142 Å². The molecule has 0 aliphatic carbocycles. The zero-order valence-electron chi connectivity index (χ0n) is 37.5. The maximum atomic E-state index is 12.1. The van der Waals surface area contributed by atoms with Crippen LogP contribution in [-0.2, 0) is 33.2 Å². The fourth-order valence-corrected chi connectivity index (χ4v) is 7.91. The van der Waals surface area contributed by atoms with Gasteiger partial charge in [-0.2, -0.15) is 0 Å². The molecule has 2 fully saturated rings. The molecule has 2 aliphatic rings. The number of hydrogen-bond donors (Lipinski definition) is 7. The second-order valence-corrected chi connectivity index (χ2v) is 17.3. The molecular formula is C46H88O14. The zero-order valence-corrected chi connectivity index (χ0v) is 37.5. The van der Waals surface area contributed by atoms with Gasteiger partial charge in [-0.25, -0.2) is 0 Å². The molecule has 14 heteroatoms. The lowest BCUT2D eigenvalue weighted by Crippen LogP contribution is -2.61. The van der Waals surface area contributed by atoms with E-state index in [9.17, 15) is 40.5 Å². The normalized spacial score (nSPS) is 27.6. The largest absolute Gasteiger partial charge is 0.457 e. The topological polar surface area (TPSA) is 214 Å². The van der Waals surface area contributed by atoms with Crippen molar-refractivity contribution >= 4 is 5.97 Å². The molecule has 356 valence electrons. The number of carbonyl (C=O) groups is 1. The molecule has 0 bridgehead atoms. The predicted octanol–water partition coefficient (Wildman–Crippen LogP) is 6.13. The van der Waals surface area contributed by atoms with Gasteiger partial charge in [0.15, 0.2) is 12.6 Å². The SMILES string of the molecule is CCCCCCCCCCCCCCCCCCCCCCCCCCCCOCC(COC1OC(COC2OC(CO)C(O)C(O)C2O)C(O)C(O)C1O)OC(=O)CC. The molecule has 2 heterocycles. The first-order valence-electron chi connectivity index (χ1n) is 24.1. The molecule has 0 radical (unpaired) electrons. The van der Waals surface area contributed by atoms with Gasteiger partial charge in [0, 0.05) is 13.0 Å². The molecule has 2 aliphatic heterocycles. The third-order valence-corrected chi connectivity index (χ3v) is 11.9. The minimum Gasteiger partial charge on any atom is -0.457 e. The van der Waals surface area contributed by atoms with Crippen LogP contribution >= 0.6 is 0 Å². The van der Waals surface area contributed by atoms with E-state index in [0.29, 0.717) is 6.61 Å². The van der Waals surface area contributed by atoms with E-state index in [-0.39, 0.29) is 19.6 Å². The highest BCUT2D eigenvalue weighted by molar-refractivity contribution is 5.69.